The van der Waals surface area contributed by atoms with Gasteiger partial charge in [-0.2, -0.15) is 0 Å². The van der Waals surface area contributed by atoms with Crippen LogP contribution in [0.3, 0.4) is 0 Å². The number of aromatic hydroxyl groups is 1. The molecule has 4 aromatic rings. The number of benzene rings is 2. The van der Waals surface area contributed by atoms with Crippen LogP contribution in [0.15, 0.2) is 59.4 Å². The molecule has 2 heterocycles. The van der Waals surface area contributed by atoms with Gasteiger partial charge in [-0.15, -0.1) is 0 Å². The minimum absolute atomic E-state index is 0.0680. The van der Waals surface area contributed by atoms with Gasteiger partial charge in [-0.1, -0.05) is 48.0 Å². The first kappa shape index (κ1) is 16.4. The Kier molecular flexibility index (Phi) is 4.22. The smallest absolute Gasteiger partial charge is 0.252 e. The number of hydrogen-bond donors (Lipinski definition) is 3. The quantitative estimate of drug-likeness (QED) is 0.510. The van der Waals surface area contributed by atoms with E-state index < -0.39 is 0 Å². The summed E-state index contributed by atoms with van der Waals surface area (Å²) in [5.41, 5.74) is 2.86. The lowest BCUT2D eigenvalue weighted by atomic mass is 10.1. The maximum absolute atomic E-state index is 11.5. The lowest BCUT2D eigenvalue weighted by Crippen LogP contribution is -2.02. The lowest BCUT2D eigenvalue weighted by Gasteiger charge is -2.03. The van der Waals surface area contributed by atoms with Crippen LogP contribution in [-0.4, -0.2) is 20.1 Å². The number of hydrogen-bond acceptors (Lipinski definition) is 3. The Labute approximate surface area is 154 Å². The van der Waals surface area contributed by atoms with E-state index >= 15 is 0 Å². The van der Waals surface area contributed by atoms with Crippen LogP contribution in [0.4, 0.5) is 0 Å². The predicted molar refractivity (Wildman–Crippen MR) is 103 cm³/mol. The number of aromatic nitrogens is 3. The SMILES string of the molecule is O=c1cc(O)c2cc(-c3nc(CCc4ccccc4)[nH]c3Cl)ccc2[nH]1. The summed E-state index contributed by atoms with van der Waals surface area (Å²) in [7, 11) is 0. The Morgan fingerprint density at radius 2 is 1.81 bits per heavy atom. The molecule has 0 amide bonds. The van der Waals surface area contributed by atoms with Crippen molar-refractivity contribution >= 4 is 22.5 Å². The number of nitrogens with zero attached hydrogens (tertiary/aromatic N) is 1. The van der Waals surface area contributed by atoms with Crippen molar-refractivity contribution in [2.24, 2.45) is 0 Å². The van der Waals surface area contributed by atoms with Crippen LogP contribution in [-0.2, 0) is 12.8 Å². The zero-order chi connectivity index (χ0) is 18.1. The molecule has 0 aliphatic carbocycles. The number of nitrogens with one attached hydrogen (secondary N) is 2. The summed E-state index contributed by atoms with van der Waals surface area (Å²) in [6, 6.07) is 16.7. The highest BCUT2D eigenvalue weighted by Crippen LogP contribution is 2.30. The van der Waals surface area contributed by atoms with Crippen molar-refractivity contribution in [1.29, 1.82) is 0 Å². The second kappa shape index (κ2) is 6.69. The highest BCUT2D eigenvalue weighted by Gasteiger charge is 2.13. The maximum atomic E-state index is 11.5. The summed E-state index contributed by atoms with van der Waals surface area (Å²) < 4.78 is 0. The molecule has 130 valence electrons. The fourth-order valence-corrected chi connectivity index (χ4v) is 3.26. The van der Waals surface area contributed by atoms with Crippen molar-refractivity contribution in [2.75, 3.05) is 0 Å². The van der Waals surface area contributed by atoms with Crippen molar-refractivity contribution in [3.8, 4) is 17.0 Å². The Morgan fingerprint density at radius 1 is 1.00 bits per heavy atom. The first-order valence-corrected chi connectivity index (χ1v) is 8.63. The molecule has 0 radical (unpaired) electrons. The topological polar surface area (TPSA) is 81.8 Å². The molecule has 0 unspecified atom stereocenters. The Morgan fingerprint density at radius 3 is 2.62 bits per heavy atom. The van der Waals surface area contributed by atoms with Gasteiger partial charge < -0.3 is 15.1 Å². The molecule has 0 atom stereocenters. The van der Waals surface area contributed by atoms with E-state index in [2.05, 4.69) is 27.1 Å². The molecular formula is C20H16ClN3O2. The second-order valence-corrected chi connectivity index (χ2v) is 6.49. The maximum Gasteiger partial charge on any atom is 0.252 e. The van der Waals surface area contributed by atoms with Crippen LogP contribution < -0.4 is 5.56 Å². The molecule has 0 spiro atoms. The van der Waals surface area contributed by atoms with E-state index in [1.54, 1.807) is 12.1 Å². The second-order valence-electron chi connectivity index (χ2n) is 6.11. The van der Waals surface area contributed by atoms with Gasteiger partial charge in [0.25, 0.3) is 5.56 Å². The highest BCUT2D eigenvalue weighted by molar-refractivity contribution is 6.32. The van der Waals surface area contributed by atoms with E-state index in [4.69, 9.17) is 11.6 Å². The molecule has 6 heteroatoms. The lowest BCUT2D eigenvalue weighted by molar-refractivity contribution is 0.480. The van der Waals surface area contributed by atoms with Gasteiger partial charge in [0.05, 0.1) is 5.52 Å². The summed E-state index contributed by atoms with van der Waals surface area (Å²) in [6.45, 7) is 0. The van der Waals surface area contributed by atoms with E-state index in [1.807, 2.05) is 24.3 Å². The van der Waals surface area contributed by atoms with Crippen molar-refractivity contribution in [3.63, 3.8) is 0 Å². The minimum Gasteiger partial charge on any atom is -0.507 e. The largest absolute Gasteiger partial charge is 0.507 e. The third-order valence-corrected chi connectivity index (χ3v) is 4.57. The van der Waals surface area contributed by atoms with E-state index in [9.17, 15) is 9.90 Å². The molecule has 0 aliphatic rings. The third kappa shape index (κ3) is 3.21. The monoisotopic (exact) mass is 365 g/mol. The molecule has 0 saturated heterocycles. The Bertz CT molecular complexity index is 1130. The highest BCUT2D eigenvalue weighted by atomic mass is 35.5. The number of rotatable bonds is 4. The van der Waals surface area contributed by atoms with Gasteiger partial charge in [-0.3, -0.25) is 4.79 Å². The van der Waals surface area contributed by atoms with Crippen LogP contribution >= 0.6 is 11.6 Å². The van der Waals surface area contributed by atoms with E-state index in [0.717, 1.165) is 30.3 Å². The number of aromatic amines is 2. The molecule has 0 bridgehead atoms. The van der Waals surface area contributed by atoms with Crippen LogP contribution in [0.5, 0.6) is 5.75 Å². The van der Waals surface area contributed by atoms with Gasteiger partial charge in [-0.05, 0) is 24.1 Å². The zero-order valence-corrected chi connectivity index (χ0v) is 14.5. The van der Waals surface area contributed by atoms with Crippen LogP contribution in [0.25, 0.3) is 22.2 Å². The number of aryl methyl sites for hydroxylation is 2. The van der Waals surface area contributed by atoms with Gasteiger partial charge in [0.15, 0.2) is 0 Å². The molecule has 2 aromatic carbocycles. The van der Waals surface area contributed by atoms with Crippen LogP contribution in [0.2, 0.25) is 5.15 Å². The number of halogens is 1. The van der Waals surface area contributed by atoms with Gasteiger partial charge in [0.2, 0.25) is 0 Å². The van der Waals surface area contributed by atoms with E-state index in [-0.39, 0.29) is 11.3 Å². The zero-order valence-electron chi connectivity index (χ0n) is 13.8. The van der Waals surface area contributed by atoms with Crippen molar-refractivity contribution in [1.82, 2.24) is 15.0 Å². The van der Waals surface area contributed by atoms with Gasteiger partial charge >= 0.3 is 0 Å². The summed E-state index contributed by atoms with van der Waals surface area (Å²) in [5, 5.41) is 11.0. The fourth-order valence-electron chi connectivity index (χ4n) is 3.00. The first-order valence-electron chi connectivity index (χ1n) is 8.25. The normalized spacial score (nSPS) is 11.1. The minimum atomic E-state index is -0.344. The van der Waals surface area contributed by atoms with E-state index in [1.165, 1.54) is 5.56 Å². The average Bonchev–Trinajstić information content (AvgIpc) is 3.01. The number of fused-ring (bicyclic) bond motifs is 1. The van der Waals surface area contributed by atoms with Gasteiger partial charge in [-0.25, -0.2) is 4.98 Å². The van der Waals surface area contributed by atoms with Crippen LogP contribution in [0.1, 0.15) is 11.4 Å². The Hall–Kier alpha value is -3.05. The molecule has 0 fully saturated rings. The average molecular weight is 366 g/mol. The summed E-state index contributed by atoms with van der Waals surface area (Å²) >= 11 is 6.34. The summed E-state index contributed by atoms with van der Waals surface area (Å²) in [5.74, 6) is 0.737. The van der Waals surface area contributed by atoms with Crippen molar-refractivity contribution in [3.05, 3.63) is 81.5 Å². The Balaban J connectivity index is 1.65. The van der Waals surface area contributed by atoms with Crippen molar-refractivity contribution < 1.29 is 5.11 Å². The van der Waals surface area contributed by atoms with Gasteiger partial charge in [0, 0.05) is 23.4 Å². The number of imidazole rings is 1. The standard InChI is InChI=1S/C20H16ClN3O2/c21-20-19(23-17(24-20)9-6-12-4-2-1-3-5-12)13-7-8-15-14(10-13)16(25)11-18(26)22-15/h1-5,7-8,10-11H,6,9H2,(H,23,24)(H2,22,25,26). The fraction of sp³-hybridized carbons (Fsp3) is 0.100. The van der Waals surface area contributed by atoms with Gasteiger partial charge in [0.1, 0.15) is 22.4 Å². The summed E-state index contributed by atoms with van der Waals surface area (Å²) in [6.07, 6.45) is 1.61. The molecule has 0 saturated carbocycles. The molecule has 5 nitrogen and oxygen atoms in total. The molecule has 0 aliphatic heterocycles. The van der Waals surface area contributed by atoms with Crippen LogP contribution in [0, 0.1) is 0 Å². The third-order valence-electron chi connectivity index (χ3n) is 4.30. The molecule has 4 rings (SSSR count). The predicted octanol–water partition coefficient (Wildman–Crippen LogP) is 4.06. The first-order chi connectivity index (χ1) is 12.6. The molecule has 2 aromatic heterocycles. The van der Waals surface area contributed by atoms with Crippen molar-refractivity contribution in [2.45, 2.75) is 12.8 Å². The number of pyridine rings is 1. The molecule has 3 N–H and O–H groups in total. The van der Waals surface area contributed by atoms with E-state index in [0.29, 0.717) is 21.7 Å². The molecular weight excluding hydrogens is 350 g/mol. The molecule has 26 heavy (non-hydrogen) atoms. The summed E-state index contributed by atoms with van der Waals surface area (Å²) in [4.78, 5) is 21.9. The number of H-pyrrole nitrogens is 2.